The number of thiazole rings is 1. The van der Waals surface area contributed by atoms with Crippen LogP contribution in [-0.4, -0.2) is 18.2 Å². The van der Waals surface area contributed by atoms with Crippen LogP contribution in [0.3, 0.4) is 0 Å². The third kappa shape index (κ3) is 2.98. The van der Waals surface area contributed by atoms with E-state index in [0.29, 0.717) is 29.5 Å². The van der Waals surface area contributed by atoms with Crippen LogP contribution in [0.1, 0.15) is 10.7 Å². The molecule has 2 heterocycles. The van der Waals surface area contributed by atoms with Crippen molar-refractivity contribution in [2.45, 2.75) is 6.92 Å². The number of nitrogens with one attached hydrogen (secondary N) is 1. The summed E-state index contributed by atoms with van der Waals surface area (Å²) in [4.78, 5) is 4.31. The molecule has 0 amide bonds. The Hall–Kier alpha value is -2.52. The fourth-order valence-electron chi connectivity index (χ4n) is 1.91. The zero-order valence-electron chi connectivity index (χ0n) is 11.4. The van der Waals surface area contributed by atoms with E-state index in [1.54, 1.807) is 6.20 Å². The van der Waals surface area contributed by atoms with Gasteiger partial charge in [0.05, 0.1) is 0 Å². The molecule has 0 spiro atoms. The van der Waals surface area contributed by atoms with Crippen molar-refractivity contribution in [2.75, 3.05) is 18.5 Å². The first-order chi connectivity index (χ1) is 10.3. The van der Waals surface area contributed by atoms with Gasteiger partial charge >= 0.3 is 0 Å². The summed E-state index contributed by atoms with van der Waals surface area (Å²) in [5.41, 5.74) is 2.25. The first-order valence-corrected chi connectivity index (χ1v) is 7.33. The summed E-state index contributed by atoms with van der Waals surface area (Å²) < 4.78 is 11.0. The summed E-state index contributed by atoms with van der Waals surface area (Å²) in [5, 5.41) is 15.0. The Morgan fingerprint density at radius 2 is 2.19 bits per heavy atom. The van der Waals surface area contributed by atoms with Gasteiger partial charge in [-0.05, 0) is 19.1 Å². The van der Waals surface area contributed by atoms with Gasteiger partial charge in [0.25, 0.3) is 0 Å². The summed E-state index contributed by atoms with van der Waals surface area (Å²) >= 11 is 1.45. The third-order valence-electron chi connectivity index (χ3n) is 2.90. The molecule has 0 bridgehead atoms. The molecule has 0 fully saturated rings. The van der Waals surface area contributed by atoms with Gasteiger partial charge in [-0.25, -0.2) is 4.98 Å². The molecule has 0 atom stereocenters. The van der Waals surface area contributed by atoms with Crippen LogP contribution in [0.25, 0.3) is 5.57 Å². The van der Waals surface area contributed by atoms with Crippen LogP contribution in [0.2, 0.25) is 0 Å². The van der Waals surface area contributed by atoms with E-state index in [-0.39, 0.29) is 0 Å². The average molecular weight is 299 g/mol. The zero-order chi connectivity index (χ0) is 14.7. The number of nitrogens with zero attached hydrogens (tertiary/aromatic N) is 2. The maximum atomic E-state index is 9.22. The highest BCUT2D eigenvalue weighted by atomic mass is 32.1. The second-order valence-corrected chi connectivity index (χ2v) is 5.32. The van der Waals surface area contributed by atoms with Gasteiger partial charge in [-0.2, -0.15) is 5.26 Å². The molecule has 0 aliphatic carbocycles. The number of fused-ring (bicyclic) bond motifs is 1. The number of anilines is 1. The SMILES string of the molecule is Cc1csc(/C(C#N)=C/Nc2ccc3c(c2)OCCO3)n1. The maximum absolute atomic E-state index is 9.22. The summed E-state index contributed by atoms with van der Waals surface area (Å²) in [5.74, 6) is 1.45. The molecule has 2 aromatic rings. The van der Waals surface area contributed by atoms with E-state index < -0.39 is 0 Å². The fourth-order valence-corrected chi connectivity index (χ4v) is 2.67. The lowest BCUT2D eigenvalue weighted by molar-refractivity contribution is 0.171. The number of hydrogen-bond acceptors (Lipinski definition) is 6. The molecule has 0 unspecified atom stereocenters. The molecular formula is C15H13N3O2S. The molecule has 3 rings (SSSR count). The van der Waals surface area contributed by atoms with Crippen molar-refractivity contribution in [1.29, 1.82) is 5.26 Å². The summed E-state index contributed by atoms with van der Waals surface area (Å²) in [6.45, 7) is 3.03. The lowest BCUT2D eigenvalue weighted by Gasteiger charge is -2.18. The Labute approximate surface area is 126 Å². The van der Waals surface area contributed by atoms with Crippen molar-refractivity contribution in [3.05, 3.63) is 40.5 Å². The van der Waals surface area contributed by atoms with Crippen molar-refractivity contribution in [3.8, 4) is 17.6 Å². The van der Waals surface area contributed by atoms with Crippen molar-refractivity contribution < 1.29 is 9.47 Å². The molecule has 1 aromatic heterocycles. The molecule has 1 N–H and O–H groups in total. The number of aromatic nitrogens is 1. The van der Waals surface area contributed by atoms with Crippen molar-refractivity contribution in [3.63, 3.8) is 0 Å². The van der Waals surface area contributed by atoms with Crippen molar-refractivity contribution >= 4 is 22.6 Å². The Morgan fingerprint density at radius 3 is 2.90 bits per heavy atom. The maximum Gasteiger partial charge on any atom is 0.163 e. The van der Waals surface area contributed by atoms with E-state index in [9.17, 15) is 5.26 Å². The number of rotatable bonds is 3. The Morgan fingerprint density at radius 1 is 1.38 bits per heavy atom. The molecular weight excluding hydrogens is 286 g/mol. The number of benzene rings is 1. The highest BCUT2D eigenvalue weighted by Gasteiger charge is 2.11. The average Bonchev–Trinajstić information content (AvgIpc) is 2.94. The van der Waals surface area contributed by atoms with Crippen molar-refractivity contribution in [1.82, 2.24) is 4.98 Å². The predicted molar refractivity (Wildman–Crippen MR) is 81.5 cm³/mol. The fraction of sp³-hybridized carbons (Fsp3) is 0.200. The van der Waals surface area contributed by atoms with E-state index in [4.69, 9.17) is 9.47 Å². The van der Waals surface area contributed by atoms with Crippen LogP contribution in [0.5, 0.6) is 11.5 Å². The largest absolute Gasteiger partial charge is 0.486 e. The molecule has 0 radical (unpaired) electrons. The third-order valence-corrected chi connectivity index (χ3v) is 3.89. The molecule has 6 heteroatoms. The minimum absolute atomic E-state index is 0.503. The quantitative estimate of drug-likeness (QED) is 0.882. The van der Waals surface area contributed by atoms with Crippen LogP contribution < -0.4 is 14.8 Å². The molecule has 1 aliphatic heterocycles. The molecule has 21 heavy (non-hydrogen) atoms. The van der Waals surface area contributed by atoms with Gasteiger partial charge in [0.1, 0.15) is 29.9 Å². The molecule has 5 nitrogen and oxygen atoms in total. The van der Waals surface area contributed by atoms with Gasteiger partial charge < -0.3 is 14.8 Å². The van der Waals surface area contributed by atoms with E-state index >= 15 is 0 Å². The summed E-state index contributed by atoms with van der Waals surface area (Å²) in [7, 11) is 0. The second kappa shape index (κ2) is 5.85. The Balaban J connectivity index is 1.80. The van der Waals surface area contributed by atoms with Crippen molar-refractivity contribution in [2.24, 2.45) is 0 Å². The number of ether oxygens (including phenoxy) is 2. The van der Waals surface area contributed by atoms with Crippen LogP contribution >= 0.6 is 11.3 Å². The van der Waals surface area contributed by atoms with E-state index in [1.165, 1.54) is 11.3 Å². The highest BCUT2D eigenvalue weighted by Crippen LogP contribution is 2.32. The molecule has 0 saturated carbocycles. The lowest BCUT2D eigenvalue weighted by atomic mass is 10.2. The van der Waals surface area contributed by atoms with E-state index in [2.05, 4.69) is 16.4 Å². The standard InChI is InChI=1S/C15H13N3O2S/c1-10-9-21-15(18-10)11(7-16)8-17-12-2-3-13-14(6-12)20-5-4-19-13/h2-3,6,8-9,17H,4-5H2,1H3/b11-8+. The monoisotopic (exact) mass is 299 g/mol. The topological polar surface area (TPSA) is 67.2 Å². The predicted octanol–water partition coefficient (Wildman–Crippen LogP) is 3.20. The van der Waals surface area contributed by atoms with Crippen LogP contribution in [-0.2, 0) is 0 Å². The van der Waals surface area contributed by atoms with Crippen LogP contribution in [0.4, 0.5) is 5.69 Å². The minimum atomic E-state index is 0.503. The molecule has 1 aliphatic rings. The number of nitriles is 1. The van der Waals surface area contributed by atoms with Gasteiger partial charge in [-0.1, -0.05) is 0 Å². The zero-order valence-corrected chi connectivity index (χ0v) is 12.2. The summed E-state index contributed by atoms with van der Waals surface area (Å²) in [6.07, 6.45) is 1.66. The van der Waals surface area contributed by atoms with Gasteiger partial charge in [0.15, 0.2) is 11.5 Å². The van der Waals surface area contributed by atoms with Crippen LogP contribution in [0, 0.1) is 18.3 Å². The normalized spacial score (nSPS) is 13.6. The Bertz CT molecular complexity index is 731. The molecule has 106 valence electrons. The molecule has 0 saturated heterocycles. The smallest absolute Gasteiger partial charge is 0.163 e. The second-order valence-electron chi connectivity index (χ2n) is 4.47. The Kier molecular flexibility index (Phi) is 3.75. The number of hydrogen-bond donors (Lipinski definition) is 1. The number of allylic oxidation sites excluding steroid dienone is 1. The van der Waals surface area contributed by atoms with E-state index in [0.717, 1.165) is 17.1 Å². The van der Waals surface area contributed by atoms with Gasteiger partial charge in [-0.3, -0.25) is 0 Å². The number of aryl methyl sites for hydroxylation is 1. The van der Waals surface area contributed by atoms with Gasteiger partial charge in [-0.15, -0.1) is 11.3 Å². The van der Waals surface area contributed by atoms with E-state index in [1.807, 2.05) is 30.5 Å². The van der Waals surface area contributed by atoms with Crippen LogP contribution in [0.15, 0.2) is 29.8 Å². The first-order valence-electron chi connectivity index (χ1n) is 6.45. The van der Waals surface area contributed by atoms with Gasteiger partial charge in [0.2, 0.25) is 0 Å². The lowest BCUT2D eigenvalue weighted by Crippen LogP contribution is -2.15. The summed E-state index contributed by atoms with van der Waals surface area (Å²) in [6, 6.07) is 7.74. The first kappa shape index (κ1) is 13.5. The highest BCUT2D eigenvalue weighted by molar-refractivity contribution is 7.10. The minimum Gasteiger partial charge on any atom is -0.486 e. The van der Waals surface area contributed by atoms with Gasteiger partial charge in [0, 0.05) is 29.0 Å². The molecule has 1 aromatic carbocycles.